The summed E-state index contributed by atoms with van der Waals surface area (Å²) in [5, 5.41) is 3.72. The summed E-state index contributed by atoms with van der Waals surface area (Å²) in [5.74, 6) is 0.780. The molecule has 3 unspecified atom stereocenters. The van der Waals surface area contributed by atoms with Gasteiger partial charge in [0.05, 0.1) is 0 Å². The van der Waals surface area contributed by atoms with E-state index in [1.165, 1.54) is 31.6 Å². The molecule has 0 aromatic heterocycles. The van der Waals surface area contributed by atoms with Gasteiger partial charge in [0.15, 0.2) is 0 Å². The Balaban J connectivity index is 1.45. The smallest absolute Gasteiger partial charge is 0.108 e. The number of ether oxygens (including phenoxy) is 1. The van der Waals surface area contributed by atoms with Crippen molar-refractivity contribution in [3.63, 3.8) is 0 Å². The number of fused-ring (bicyclic) bond motifs is 3. The number of piperazine rings is 1. The van der Waals surface area contributed by atoms with Crippen LogP contribution in [0, 0.1) is 5.92 Å². The molecule has 3 aliphatic heterocycles. The maximum atomic E-state index is 5.54. The van der Waals surface area contributed by atoms with Crippen LogP contribution in [0.4, 0.5) is 0 Å². The number of nitrogens with one attached hydrogen (secondary N) is 1. The first-order valence-corrected chi connectivity index (χ1v) is 9.05. The minimum atomic E-state index is 0.258. The third-order valence-electron chi connectivity index (χ3n) is 6.07. The zero-order valence-electron chi connectivity index (χ0n) is 14.3. The van der Waals surface area contributed by atoms with Gasteiger partial charge in [0.25, 0.3) is 0 Å². The van der Waals surface area contributed by atoms with E-state index < -0.39 is 0 Å². The van der Waals surface area contributed by atoms with Gasteiger partial charge in [0, 0.05) is 51.4 Å². The second kappa shape index (κ2) is 6.52. The second-order valence-electron chi connectivity index (χ2n) is 7.53. The van der Waals surface area contributed by atoms with E-state index in [1.807, 2.05) is 7.11 Å². The van der Waals surface area contributed by atoms with Crippen LogP contribution >= 0.6 is 0 Å². The van der Waals surface area contributed by atoms with Crippen LogP contribution in [0.5, 0.6) is 0 Å². The predicted molar refractivity (Wildman–Crippen MR) is 92.1 cm³/mol. The number of benzene rings is 1. The topological polar surface area (TPSA) is 27.7 Å². The Hall–Kier alpha value is -0.940. The number of hydrogen-bond donors (Lipinski definition) is 1. The fraction of sp³-hybridized carbons (Fsp3) is 0.684. The van der Waals surface area contributed by atoms with Gasteiger partial charge in [-0.1, -0.05) is 30.3 Å². The lowest BCUT2D eigenvalue weighted by Gasteiger charge is -2.44. The molecule has 1 aromatic carbocycles. The Morgan fingerprint density at radius 1 is 1.13 bits per heavy atom. The zero-order valence-corrected chi connectivity index (χ0v) is 14.3. The summed E-state index contributed by atoms with van der Waals surface area (Å²) in [7, 11) is 1.82. The molecule has 4 nitrogen and oxygen atoms in total. The van der Waals surface area contributed by atoms with Gasteiger partial charge in [0.2, 0.25) is 0 Å². The molecular weight excluding hydrogens is 286 g/mol. The standard InChI is InChI=1S/C19H29N3O/c1-14-10-21(11-15-6-4-3-5-7-15)13-18-16-8-9-19(23-2)20-17(16)12-22(14)18/h3-7,14,16-20H,8-13H2,1-2H3/t14-,16?,17?,18-,19?/m1/s1. The molecule has 0 saturated carbocycles. The molecule has 126 valence electrons. The van der Waals surface area contributed by atoms with Crippen molar-refractivity contribution < 1.29 is 4.74 Å². The number of hydrogen-bond acceptors (Lipinski definition) is 4. The summed E-state index contributed by atoms with van der Waals surface area (Å²) < 4.78 is 5.54. The van der Waals surface area contributed by atoms with E-state index in [0.29, 0.717) is 18.1 Å². The lowest BCUT2D eigenvalue weighted by molar-refractivity contribution is 0.0142. The molecule has 3 saturated heterocycles. The van der Waals surface area contributed by atoms with E-state index in [-0.39, 0.29) is 6.23 Å². The van der Waals surface area contributed by atoms with Crippen LogP contribution in [-0.2, 0) is 11.3 Å². The molecule has 0 radical (unpaired) electrons. The van der Waals surface area contributed by atoms with Gasteiger partial charge in [-0.05, 0) is 31.2 Å². The highest BCUT2D eigenvalue weighted by molar-refractivity contribution is 5.15. The van der Waals surface area contributed by atoms with E-state index >= 15 is 0 Å². The van der Waals surface area contributed by atoms with E-state index in [4.69, 9.17) is 4.74 Å². The van der Waals surface area contributed by atoms with Gasteiger partial charge in [-0.15, -0.1) is 0 Å². The first-order chi connectivity index (χ1) is 11.2. The zero-order chi connectivity index (χ0) is 15.8. The first kappa shape index (κ1) is 15.6. The van der Waals surface area contributed by atoms with Crippen molar-refractivity contribution >= 4 is 0 Å². The van der Waals surface area contributed by atoms with Crippen molar-refractivity contribution in [3.8, 4) is 0 Å². The Morgan fingerprint density at radius 3 is 2.74 bits per heavy atom. The summed E-state index contributed by atoms with van der Waals surface area (Å²) in [4.78, 5) is 5.41. The fourth-order valence-corrected chi connectivity index (χ4v) is 4.97. The highest BCUT2D eigenvalue weighted by Crippen LogP contribution is 2.37. The molecule has 0 spiro atoms. The molecule has 23 heavy (non-hydrogen) atoms. The Kier molecular flexibility index (Phi) is 4.41. The van der Waals surface area contributed by atoms with Crippen LogP contribution in [0.2, 0.25) is 0 Å². The van der Waals surface area contributed by atoms with E-state index in [0.717, 1.165) is 18.9 Å². The third-order valence-corrected chi connectivity index (χ3v) is 6.07. The molecule has 0 bridgehead atoms. The average molecular weight is 315 g/mol. The molecule has 3 fully saturated rings. The number of methoxy groups -OCH3 is 1. The normalized spacial score (nSPS) is 38.3. The van der Waals surface area contributed by atoms with Crippen molar-refractivity contribution in [2.24, 2.45) is 5.92 Å². The van der Waals surface area contributed by atoms with Crippen molar-refractivity contribution in [2.45, 2.75) is 50.7 Å². The largest absolute Gasteiger partial charge is 0.367 e. The molecular formula is C19H29N3O. The summed E-state index contributed by atoms with van der Waals surface area (Å²) in [5.41, 5.74) is 1.43. The van der Waals surface area contributed by atoms with Crippen molar-refractivity contribution in [2.75, 3.05) is 26.7 Å². The number of piperidine rings is 1. The average Bonchev–Trinajstić information content (AvgIpc) is 2.94. The molecule has 0 amide bonds. The molecule has 4 heteroatoms. The van der Waals surface area contributed by atoms with Crippen LogP contribution in [0.3, 0.4) is 0 Å². The Labute approximate surface area is 139 Å². The number of nitrogens with zero attached hydrogens (tertiary/aromatic N) is 2. The van der Waals surface area contributed by atoms with Crippen LogP contribution < -0.4 is 5.32 Å². The van der Waals surface area contributed by atoms with Crippen molar-refractivity contribution in [3.05, 3.63) is 35.9 Å². The predicted octanol–water partition coefficient (Wildman–Crippen LogP) is 1.92. The van der Waals surface area contributed by atoms with Gasteiger partial charge in [-0.25, -0.2) is 0 Å². The molecule has 0 aliphatic carbocycles. The highest BCUT2D eigenvalue weighted by atomic mass is 16.5. The van der Waals surface area contributed by atoms with Gasteiger partial charge >= 0.3 is 0 Å². The van der Waals surface area contributed by atoms with Crippen LogP contribution in [0.1, 0.15) is 25.3 Å². The molecule has 1 aromatic rings. The minimum Gasteiger partial charge on any atom is -0.367 e. The third kappa shape index (κ3) is 3.05. The van der Waals surface area contributed by atoms with E-state index in [1.54, 1.807) is 0 Å². The summed E-state index contributed by atoms with van der Waals surface area (Å²) in [6, 6.07) is 12.9. The fourth-order valence-electron chi connectivity index (χ4n) is 4.97. The lowest BCUT2D eigenvalue weighted by atomic mass is 9.86. The van der Waals surface area contributed by atoms with Crippen LogP contribution in [-0.4, -0.2) is 60.9 Å². The van der Waals surface area contributed by atoms with Gasteiger partial charge in [-0.3, -0.25) is 15.1 Å². The Morgan fingerprint density at radius 2 is 1.96 bits per heavy atom. The summed E-state index contributed by atoms with van der Waals surface area (Å²) >= 11 is 0. The van der Waals surface area contributed by atoms with E-state index in [9.17, 15) is 0 Å². The van der Waals surface area contributed by atoms with Gasteiger partial charge in [-0.2, -0.15) is 0 Å². The summed E-state index contributed by atoms with van der Waals surface area (Å²) in [6.07, 6.45) is 2.70. The number of rotatable bonds is 3. The molecule has 3 aliphatic rings. The van der Waals surface area contributed by atoms with Crippen LogP contribution in [0.25, 0.3) is 0 Å². The van der Waals surface area contributed by atoms with E-state index in [2.05, 4.69) is 52.4 Å². The molecule has 1 N–H and O–H groups in total. The highest BCUT2D eigenvalue weighted by Gasteiger charge is 2.48. The second-order valence-corrected chi connectivity index (χ2v) is 7.53. The van der Waals surface area contributed by atoms with Gasteiger partial charge < -0.3 is 4.74 Å². The monoisotopic (exact) mass is 315 g/mol. The molecule has 5 atom stereocenters. The SMILES string of the molecule is COC1CCC2C(CN3[C@H](C)CN(Cc4ccccc4)C[C@H]23)N1. The van der Waals surface area contributed by atoms with Crippen LogP contribution in [0.15, 0.2) is 30.3 Å². The van der Waals surface area contributed by atoms with Crippen molar-refractivity contribution in [1.29, 1.82) is 0 Å². The summed E-state index contributed by atoms with van der Waals surface area (Å²) in [6.45, 7) is 7.06. The maximum Gasteiger partial charge on any atom is 0.108 e. The minimum absolute atomic E-state index is 0.258. The molecule has 3 heterocycles. The quantitative estimate of drug-likeness (QED) is 0.922. The van der Waals surface area contributed by atoms with Crippen molar-refractivity contribution in [1.82, 2.24) is 15.1 Å². The lowest BCUT2D eigenvalue weighted by Crippen LogP contribution is -2.56. The first-order valence-electron chi connectivity index (χ1n) is 9.05. The van der Waals surface area contributed by atoms with Gasteiger partial charge in [0.1, 0.15) is 6.23 Å². The Bertz CT molecular complexity index is 523. The molecule has 4 rings (SSSR count). The maximum absolute atomic E-state index is 5.54.